The van der Waals surface area contributed by atoms with Crippen LogP contribution in [0.15, 0.2) is 85.5 Å². The van der Waals surface area contributed by atoms with Crippen LogP contribution >= 0.6 is 0 Å². The molecule has 0 bridgehead atoms. The Labute approximate surface area is 308 Å². The molecule has 0 aromatic carbocycles. The zero-order valence-electron chi connectivity index (χ0n) is 30.2. The second-order valence-corrected chi connectivity index (χ2v) is 18.3. The van der Waals surface area contributed by atoms with Gasteiger partial charge < -0.3 is 10.2 Å². The van der Waals surface area contributed by atoms with Crippen LogP contribution in [0.5, 0.6) is 0 Å². The zero-order chi connectivity index (χ0) is 35.9. The van der Waals surface area contributed by atoms with E-state index in [1.165, 1.54) is 34.5 Å². The summed E-state index contributed by atoms with van der Waals surface area (Å²) in [7, 11) is -1.00. The number of aliphatic hydroxyl groups is 2. The van der Waals surface area contributed by atoms with E-state index < -0.39 is 17.6 Å². The van der Waals surface area contributed by atoms with Gasteiger partial charge in [0.25, 0.3) is 12.5 Å². The molecule has 4 aromatic heterocycles. The van der Waals surface area contributed by atoms with Crippen molar-refractivity contribution in [3.05, 3.63) is 85.5 Å². The number of nitrogens with zero attached hydrogens (tertiary/aromatic N) is 6. The molecule has 0 saturated carbocycles. The summed E-state index contributed by atoms with van der Waals surface area (Å²) in [5.41, 5.74) is 3.83. The van der Waals surface area contributed by atoms with Crippen molar-refractivity contribution in [1.82, 2.24) is 19.9 Å². The molecule has 0 atom stereocenters. The molecule has 0 aliphatic carbocycles. The molecule has 0 unspecified atom stereocenters. The first-order chi connectivity index (χ1) is 22.9. The number of hydrogen-bond acceptors (Lipinski definition) is 8. The standard InChI is InChI=1S/2C18H25N2Si.2CHNO.Fe/c2*1-14(2)12-21(13-15(3)4)16-8-9-18(20-11-16)17-7-5-6-10-19-17;2*2-1-3;/h2*5-11,14-15H,12-13H2,1-4H3;2*3H;. The van der Waals surface area contributed by atoms with E-state index in [2.05, 4.69) is 112 Å². The third kappa shape index (κ3) is 19.0. The monoisotopic (exact) mass is 736 g/mol. The predicted octanol–water partition coefficient (Wildman–Crippen LogP) is 7.99. The van der Waals surface area contributed by atoms with E-state index >= 15 is 0 Å². The van der Waals surface area contributed by atoms with Crippen molar-refractivity contribution in [2.24, 2.45) is 23.7 Å². The molecule has 0 amide bonds. The van der Waals surface area contributed by atoms with Crippen LogP contribution in [0.4, 0.5) is 0 Å². The number of hydrogen-bond donors (Lipinski definition) is 2. The minimum Gasteiger partial charge on any atom is -0.443 e. The molecule has 0 aliphatic heterocycles. The summed E-state index contributed by atoms with van der Waals surface area (Å²) in [6.07, 6.45) is 9.31. The Morgan fingerprint density at radius 3 is 1.00 bits per heavy atom. The van der Waals surface area contributed by atoms with Gasteiger partial charge in [-0.15, -0.1) is 0 Å². The maximum Gasteiger partial charge on any atom is 0.283 e. The summed E-state index contributed by atoms with van der Waals surface area (Å²) in [6, 6.07) is 26.0. The molecule has 262 valence electrons. The summed E-state index contributed by atoms with van der Waals surface area (Å²) < 4.78 is 0. The van der Waals surface area contributed by atoms with Gasteiger partial charge in [-0.1, -0.05) is 104 Å². The van der Waals surface area contributed by atoms with E-state index in [1.54, 1.807) is 0 Å². The molecule has 49 heavy (non-hydrogen) atoms. The van der Waals surface area contributed by atoms with Crippen LogP contribution in [0, 0.1) is 46.7 Å². The summed E-state index contributed by atoms with van der Waals surface area (Å²) >= 11 is 0. The number of aromatic nitrogens is 4. The van der Waals surface area contributed by atoms with Gasteiger partial charge in [0.05, 0.1) is 40.4 Å². The van der Waals surface area contributed by atoms with Gasteiger partial charge in [0.15, 0.2) is 0 Å². The van der Waals surface area contributed by atoms with Gasteiger partial charge in [-0.2, -0.15) is 10.5 Å². The molecule has 4 rings (SSSR count). The van der Waals surface area contributed by atoms with Gasteiger partial charge in [-0.25, -0.2) is 0 Å². The number of pyridine rings is 4. The Balaban J connectivity index is 0.000000796. The Morgan fingerprint density at radius 2 is 0.796 bits per heavy atom. The quantitative estimate of drug-likeness (QED) is 0.110. The van der Waals surface area contributed by atoms with Crippen molar-refractivity contribution in [3.8, 4) is 35.3 Å². The molecular weight excluding hydrogens is 684 g/mol. The molecule has 4 aromatic rings. The maximum atomic E-state index is 6.88. The average molecular weight is 737 g/mol. The topological polar surface area (TPSA) is 140 Å². The fourth-order valence-corrected chi connectivity index (χ4v) is 11.5. The first kappa shape index (κ1) is 45.1. The molecule has 0 spiro atoms. The fourth-order valence-electron chi connectivity index (χ4n) is 5.15. The largest absolute Gasteiger partial charge is 0.443 e. The van der Waals surface area contributed by atoms with E-state index in [9.17, 15) is 0 Å². The van der Waals surface area contributed by atoms with Crippen LogP contribution in [0.3, 0.4) is 0 Å². The molecule has 11 heteroatoms. The fraction of sp³-hybridized carbons (Fsp3) is 0.421. The molecule has 2 N–H and O–H groups in total. The minimum absolute atomic E-state index is 0. The van der Waals surface area contributed by atoms with Crippen LogP contribution in [0.25, 0.3) is 22.8 Å². The Kier molecular flexibility index (Phi) is 24.0. The van der Waals surface area contributed by atoms with Crippen LogP contribution < -0.4 is 10.4 Å². The van der Waals surface area contributed by atoms with Crippen LogP contribution in [0.1, 0.15) is 55.4 Å². The van der Waals surface area contributed by atoms with Gasteiger partial charge in [0.2, 0.25) is 0 Å². The molecule has 4 heterocycles. The van der Waals surface area contributed by atoms with Crippen molar-refractivity contribution >= 4 is 28.0 Å². The van der Waals surface area contributed by atoms with Crippen molar-refractivity contribution < 1.29 is 27.3 Å². The number of rotatable bonds is 12. The SMILES string of the molecule is CC(C)C[Si](CC(C)C)c1ccc(-c2ccccn2)nc1.CC(C)C[Si](CC(C)C)c1ccc(-c2ccccn2)nc1.N#CO.N#CO.[Fe]. The van der Waals surface area contributed by atoms with E-state index in [-0.39, 0.29) is 17.1 Å². The smallest absolute Gasteiger partial charge is 0.283 e. The molecule has 0 fully saturated rings. The molecule has 2 radical (unpaired) electrons. The first-order valence-electron chi connectivity index (χ1n) is 16.5. The Bertz CT molecular complexity index is 1340. The van der Waals surface area contributed by atoms with Gasteiger partial charge in [-0.05, 0) is 70.4 Å². The summed E-state index contributed by atoms with van der Waals surface area (Å²) in [6.45, 7) is 18.6. The molecule has 8 nitrogen and oxygen atoms in total. The van der Waals surface area contributed by atoms with Crippen LogP contribution in [-0.4, -0.2) is 47.7 Å². The van der Waals surface area contributed by atoms with Crippen LogP contribution in [0.2, 0.25) is 24.2 Å². The van der Waals surface area contributed by atoms with Crippen molar-refractivity contribution in [1.29, 1.82) is 10.5 Å². The van der Waals surface area contributed by atoms with Gasteiger partial charge >= 0.3 is 0 Å². The number of aliphatic hydroxyl groups excluding tert-OH is 2. The maximum absolute atomic E-state index is 6.88. The number of nitriles is 2. The van der Waals surface area contributed by atoms with Crippen molar-refractivity contribution in [2.45, 2.75) is 79.6 Å². The first-order valence-corrected chi connectivity index (χ1v) is 20.3. The predicted molar refractivity (Wildman–Crippen MR) is 199 cm³/mol. The van der Waals surface area contributed by atoms with Gasteiger partial charge in [0.1, 0.15) is 0 Å². The zero-order valence-corrected chi connectivity index (χ0v) is 33.3. The molecule has 0 saturated heterocycles. The van der Waals surface area contributed by atoms with Gasteiger partial charge in [-0.3, -0.25) is 19.9 Å². The van der Waals surface area contributed by atoms with Crippen LogP contribution in [-0.2, 0) is 17.1 Å². The van der Waals surface area contributed by atoms with E-state index in [1.807, 2.05) is 48.8 Å². The second kappa shape index (κ2) is 26.1. The second-order valence-electron chi connectivity index (χ2n) is 13.1. The molecule has 0 aliphatic rings. The summed E-state index contributed by atoms with van der Waals surface area (Å²) in [4.78, 5) is 18.0. The molecular formula is C38H52FeN6O2Si2. The van der Waals surface area contributed by atoms with E-state index in [4.69, 9.17) is 20.7 Å². The summed E-state index contributed by atoms with van der Waals surface area (Å²) in [5.74, 6) is 3.03. The third-order valence-electron chi connectivity index (χ3n) is 6.82. The average Bonchev–Trinajstić information content (AvgIpc) is 3.05. The van der Waals surface area contributed by atoms with E-state index in [0.717, 1.165) is 59.0 Å². The third-order valence-corrected chi connectivity index (χ3v) is 14.3. The van der Waals surface area contributed by atoms with E-state index in [0.29, 0.717) is 0 Å². The Hall–Kier alpha value is -3.87. The van der Waals surface area contributed by atoms with Crippen molar-refractivity contribution in [3.63, 3.8) is 0 Å². The normalized spacial score (nSPS) is 10.2. The van der Waals surface area contributed by atoms with Crippen molar-refractivity contribution in [2.75, 3.05) is 0 Å². The Morgan fingerprint density at radius 1 is 0.510 bits per heavy atom. The van der Waals surface area contributed by atoms with Gasteiger partial charge in [0, 0.05) is 41.9 Å². The minimum atomic E-state index is -0.502. The summed E-state index contributed by atoms with van der Waals surface area (Å²) in [5, 5.41) is 30.4.